The van der Waals surface area contributed by atoms with Crippen molar-refractivity contribution in [3.63, 3.8) is 0 Å². The van der Waals surface area contributed by atoms with Crippen LogP contribution >= 0.6 is 10.5 Å². The largest absolute Gasteiger partial charge is 0.351 e. The van der Waals surface area contributed by atoms with Crippen molar-refractivity contribution in [1.29, 1.82) is 0 Å². The van der Waals surface area contributed by atoms with Crippen LogP contribution in [0, 0.1) is 20.8 Å². The first-order chi connectivity index (χ1) is 19.6. The molecule has 1 aliphatic rings. The molecule has 1 aliphatic carbocycles. The fourth-order valence-corrected chi connectivity index (χ4v) is 5.80. The molecule has 0 bridgehead atoms. The van der Waals surface area contributed by atoms with Crippen molar-refractivity contribution in [3.05, 3.63) is 124 Å². The second-order valence-corrected chi connectivity index (χ2v) is 13.2. The second kappa shape index (κ2) is 13.8. The van der Waals surface area contributed by atoms with Crippen molar-refractivity contribution < 1.29 is 9.59 Å². The molecular weight excluding hydrogens is 524 g/mol. The van der Waals surface area contributed by atoms with Crippen LogP contribution in [-0.2, 0) is 4.79 Å². The van der Waals surface area contributed by atoms with E-state index in [0.29, 0.717) is 12.1 Å². The van der Waals surface area contributed by atoms with Gasteiger partial charge in [-0.25, -0.2) is 0 Å². The molecule has 0 saturated heterocycles. The Labute approximate surface area is 247 Å². The third-order valence-corrected chi connectivity index (χ3v) is 8.68. The van der Waals surface area contributed by atoms with Crippen LogP contribution in [0.15, 0.2) is 85.0 Å². The summed E-state index contributed by atoms with van der Waals surface area (Å²) in [5, 5.41) is 6.27. The predicted octanol–water partition coefficient (Wildman–Crippen LogP) is 7.09. The Morgan fingerprint density at radius 1 is 0.951 bits per heavy atom. The molecule has 4 unspecified atom stereocenters. The van der Waals surface area contributed by atoms with E-state index in [-0.39, 0.29) is 40.2 Å². The molecule has 4 nitrogen and oxygen atoms in total. The summed E-state index contributed by atoms with van der Waals surface area (Å²) in [4.78, 5) is 26.4. The minimum atomic E-state index is -0.368. The lowest BCUT2D eigenvalue weighted by Crippen LogP contribution is -2.39. The van der Waals surface area contributed by atoms with E-state index < -0.39 is 0 Å². The Morgan fingerprint density at radius 3 is 2.22 bits per heavy atom. The summed E-state index contributed by atoms with van der Waals surface area (Å²) in [5.74, 6) is 4.33. The molecule has 41 heavy (non-hydrogen) atoms. The highest BCUT2D eigenvalue weighted by Gasteiger charge is 2.29. The lowest BCUT2D eigenvalue weighted by Gasteiger charge is -2.27. The fourth-order valence-electron chi connectivity index (χ4n) is 5.35. The molecule has 0 heterocycles. The lowest BCUT2D eigenvalue weighted by molar-refractivity contribution is -0.123. The molecule has 0 fully saturated rings. The zero-order valence-corrected chi connectivity index (χ0v) is 25.7. The third kappa shape index (κ3) is 7.95. The predicted molar refractivity (Wildman–Crippen MR) is 176 cm³/mol. The molecule has 3 aromatic carbocycles. The number of carbonyl (C=O) groups excluding carboxylic acids is 2. The van der Waals surface area contributed by atoms with E-state index in [0.717, 1.165) is 28.9 Å². The smallest absolute Gasteiger partial charge is 0.251 e. The first-order valence-electron chi connectivity index (χ1n) is 14.3. The summed E-state index contributed by atoms with van der Waals surface area (Å²) in [7, 11) is 0.0464. The van der Waals surface area contributed by atoms with Crippen LogP contribution in [-0.4, -0.2) is 42.3 Å². The number of aryl methyl sites for hydroxylation is 3. The molecule has 3 aromatic rings. The van der Waals surface area contributed by atoms with Crippen molar-refractivity contribution in [3.8, 4) is 0 Å². The minimum absolute atomic E-state index is 0.00400. The highest BCUT2D eigenvalue weighted by atomic mass is 32.2. The standard InChI is InChI=1S/C36H42N2O2S/c1-24-7-10-30(11-8-24)34(27(4)28-12-14-31(15-13-28)35(39)37-21-22-41(5)6)36(40)38-32-18-16-29(17-19-32)33-20-9-25(2)23-26(33)3/h7-18,20,23,27,32,34H,5,19,21-22H2,1-4,6H3,(H,37,39)(H,38,40). The van der Waals surface area contributed by atoms with Gasteiger partial charge in [0.2, 0.25) is 5.91 Å². The topological polar surface area (TPSA) is 58.2 Å². The zero-order chi connectivity index (χ0) is 29.5. The van der Waals surface area contributed by atoms with Gasteiger partial charge in [0.15, 0.2) is 0 Å². The summed E-state index contributed by atoms with van der Waals surface area (Å²) in [6.45, 7) is 9.01. The number of hydrogen-bond acceptors (Lipinski definition) is 2. The quantitative estimate of drug-likeness (QED) is 0.258. The second-order valence-electron chi connectivity index (χ2n) is 11.2. The minimum Gasteiger partial charge on any atom is -0.351 e. The Bertz CT molecular complexity index is 1470. The number of amides is 2. The lowest BCUT2D eigenvalue weighted by atomic mass is 9.81. The molecule has 0 spiro atoms. The Kier molecular flexibility index (Phi) is 10.2. The first kappa shape index (κ1) is 30.3. The Morgan fingerprint density at radius 2 is 1.61 bits per heavy atom. The molecule has 2 amide bonds. The molecule has 0 radical (unpaired) electrons. The van der Waals surface area contributed by atoms with Crippen molar-refractivity contribution in [1.82, 2.24) is 10.6 Å². The van der Waals surface area contributed by atoms with Crippen molar-refractivity contribution in [2.24, 2.45) is 0 Å². The highest BCUT2D eigenvalue weighted by Crippen LogP contribution is 2.34. The van der Waals surface area contributed by atoms with Gasteiger partial charge in [-0.05, 0) is 79.3 Å². The van der Waals surface area contributed by atoms with E-state index in [1.54, 1.807) is 0 Å². The first-order valence-corrected chi connectivity index (χ1v) is 16.2. The molecule has 0 saturated carbocycles. The van der Waals surface area contributed by atoms with Gasteiger partial charge in [-0.2, -0.15) is 10.5 Å². The van der Waals surface area contributed by atoms with E-state index in [2.05, 4.69) is 111 Å². The van der Waals surface area contributed by atoms with Crippen molar-refractivity contribution in [2.75, 3.05) is 18.6 Å². The molecule has 5 heteroatoms. The third-order valence-electron chi connectivity index (χ3n) is 7.77. The van der Waals surface area contributed by atoms with E-state index in [1.807, 2.05) is 24.3 Å². The molecule has 214 valence electrons. The SMILES string of the molecule is C=S(C)CCNC(=O)c1ccc(C(C)C(C(=O)NC2C=CC(c3ccc(C)cc3C)=CC2)c2ccc(C)cc2)cc1. The van der Waals surface area contributed by atoms with Gasteiger partial charge in [-0.15, -0.1) is 0 Å². The maximum atomic E-state index is 13.9. The van der Waals surface area contributed by atoms with Crippen LogP contribution in [0.1, 0.15) is 68.9 Å². The van der Waals surface area contributed by atoms with Crippen LogP contribution in [0.25, 0.3) is 5.57 Å². The van der Waals surface area contributed by atoms with Gasteiger partial charge < -0.3 is 10.6 Å². The monoisotopic (exact) mass is 566 g/mol. The van der Waals surface area contributed by atoms with Crippen molar-refractivity contribution in [2.45, 2.75) is 52.0 Å². The molecule has 4 atom stereocenters. The number of hydrogen-bond donors (Lipinski definition) is 2. The van der Waals surface area contributed by atoms with Crippen LogP contribution in [0.3, 0.4) is 0 Å². The zero-order valence-electron chi connectivity index (χ0n) is 24.9. The molecule has 2 N–H and O–H groups in total. The summed E-state index contributed by atoms with van der Waals surface area (Å²) < 4.78 is 0. The Balaban J connectivity index is 1.49. The number of nitrogens with one attached hydrogen (secondary N) is 2. The van der Waals surface area contributed by atoms with Crippen LogP contribution in [0.5, 0.6) is 0 Å². The average molecular weight is 567 g/mol. The van der Waals surface area contributed by atoms with Crippen LogP contribution in [0.4, 0.5) is 0 Å². The molecule has 0 aromatic heterocycles. The van der Waals surface area contributed by atoms with E-state index >= 15 is 0 Å². The van der Waals surface area contributed by atoms with Crippen LogP contribution in [0.2, 0.25) is 0 Å². The van der Waals surface area contributed by atoms with E-state index in [1.165, 1.54) is 22.3 Å². The van der Waals surface area contributed by atoms with Crippen LogP contribution < -0.4 is 10.6 Å². The van der Waals surface area contributed by atoms with Crippen molar-refractivity contribution >= 4 is 33.7 Å². The number of carbonyl (C=O) groups is 2. The van der Waals surface area contributed by atoms with Gasteiger partial charge in [0.1, 0.15) is 0 Å². The van der Waals surface area contributed by atoms with Gasteiger partial charge in [0.25, 0.3) is 5.91 Å². The molecular formula is C36H42N2O2S. The van der Waals surface area contributed by atoms with E-state index in [4.69, 9.17) is 0 Å². The van der Waals surface area contributed by atoms with E-state index in [9.17, 15) is 9.59 Å². The highest BCUT2D eigenvalue weighted by molar-refractivity contribution is 8.13. The summed E-state index contributed by atoms with van der Waals surface area (Å²) in [6.07, 6.45) is 9.25. The summed E-state index contributed by atoms with van der Waals surface area (Å²) in [5.41, 5.74) is 8.72. The fraction of sp³-hybridized carbons (Fsp3) is 0.306. The van der Waals surface area contributed by atoms with Gasteiger partial charge in [-0.3, -0.25) is 9.59 Å². The molecule has 0 aliphatic heterocycles. The molecule has 4 rings (SSSR count). The Hall–Kier alpha value is -3.70. The maximum Gasteiger partial charge on any atom is 0.251 e. The summed E-state index contributed by atoms with van der Waals surface area (Å²) >= 11 is 0. The normalized spacial score (nSPS) is 16.8. The van der Waals surface area contributed by atoms with Gasteiger partial charge in [0.05, 0.1) is 12.0 Å². The summed E-state index contributed by atoms with van der Waals surface area (Å²) in [6, 6.07) is 22.3. The number of rotatable bonds is 10. The van der Waals surface area contributed by atoms with Gasteiger partial charge in [0, 0.05) is 17.9 Å². The number of allylic oxidation sites excluding steroid dienone is 2. The number of benzene rings is 3. The maximum absolute atomic E-state index is 13.9. The average Bonchev–Trinajstić information content (AvgIpc) is 2.94. The van der Waals surface area contributed by atoms with Gasteiger partial charge in [-0.1, -0.05) is 96.7 Å². The van der Waals surface area contributed by atoms with Gasteiger partial charge >= 0.3 is 0 Å².